The summed E-state index contributed by atoms with van der Waals surface area (Å²) in [7, 11) is 1.92. The van der Waals surface area contributed by atoms with Crippen LogP contribution in [0.2, 0.25) is 0 Å². The van der Waals surface area contributed by atoms with Crippen LogP contribution in [0.25, 0.3) is 0 Å². The Bertz CT molecular complexity index is 576. The number of aryl methyl sites for hydroxylation is 2. The third-order valence-electron chi connectivity index (χ3n) is 3.03. The highest BCUT2D eigenvalue weighted by Gasteiger charge is 2.17. The fraction of sp³-hybridized carbons (Fsp3) is 0.357. The molecule has 2 aromatic heterocycles. The van der Waals surface area contributed by atoms with E-state index in [-0.39, 0.29) is 5.91 Å². The smallest absolute Gasteiger partial charge is 0.272 e. The number of nitrogens with zero attached hydrogens (tertiary/aromatic N) is 4. The van der Waals surface area contributed by atoms with E-state index >= 15 is 0 Å². The summed E-state index contributed by atoms with van der Waals surface area (Å²) in [6, 6.07) is 5.48. The van der Waals surface area contributed by atoms with Gasteiger partial charge in [0.15, 0.2) is 0 Å². The quantitative estimate of drug-likeness (QED) is 0.840. The average molecular weight is 258 g/mol. The van der Waals surface area contributed by atoms with E-state index in [0.717, 1.165) is 11.5 Å². The van der Waals surface area contributed by atoms with Crippen LogP contribution in [0.3, 0.4) is 0 Å². The van der Waals surface area contributed by atoms with Crippen molar-refractivity contribution in [3.8, 4) is 0 Å². The molecule has 5 heteroatoms. The number of pyridine rings is 1. The van der Waals surface area contributed by atoms with Gasteiger partial charge in [-0.3, -0.25) is 4.79 Å². The molecule has 2 heterocycles. The molecule has 19 heavy (non-hydrogen) atoms. The van der Waals surface area contributed by atoms with Crippen LogP contribution in [0, 0.1) is 6.92 Å². The zero-order valence-electron chi connectivity index (χ0n) is 11.5. The highest BCUT2D eigenvalue weighted by Crippen LogP contribution is 2.07. The molecule has 0 saturated heterocycles. The Balaban J connectivity index is 2.18. The van der Waals surface area contributed by atoms with Crippen molar-refractivity contribution in [1.82, 2.24) is 19.4 Å². The molecule has 1 amide bonds. The number of hydrogen-bond acceptors (Lipinski definition) is 3. The van der Waals surface area contributed by atoms with Gasteiger partial charge in [-0.15, -0.1) is 0 Å². The summed E-state index contributed by atoms with van der Waals surface area (Å²) in [5.41, 5.74) is 1.33. The van der Waals surface area contributed by atoms with E-state index in [1.165, 1.54) is 0 Å². The van der Waals surface area contributed by atoms with Gasteiger partial charge in [-0.25, -0.2) is 9.97 Å². The molecule has 0 fully saturated rings. The topological polar surface area (TPSA) is 51.0 Å². The number of imidazole rings is 1. The van der Waals surface area contributed by atoms with Gasteiger partial charge in [0, 0.05) is 31.7 Å². The van der Waals surface area contributed by atoms with Crippen LogP contribution in [0.1, 0.15) is 28.9 Å². The third-order valence-corrected chi connectivity index (χ3v) is 3.03. The molecule has 0 aliphatic heterocycles. The molecule has 100 valence electrons. The summed E-state index contributed by atoms with van der Waals surface area (Å²) in [4.78, 5) is 22.7. The number of aromatic nitrogens is 3. The SMILES string of the molecule is CCN(Cc1nccn1C)C(=O)c1cccc(C)n1. The van der Waals surface area contributed by atoms with Gasteiger partial charge >= 0.3 is 0 Å². The molecule has 0 spiro atoms. The Morgan fingerprint density at radius 1 is 1.42 bits per heavy atom. The summed E-state index contributed by atoms with van der Waals surface area (Å²) in [5.74, 6) is 0.803. The largest absolute Gasteiger partial charge is 0.337 e. The molecular formula is C14H18N4O. The minimum atomic E-state index is -0.0609. The molecule has 0 radical (unpaired) electrons. The van der Waals surface area contributed by atoms with Gasteiger partial charge in [-0.2, -0.15) is 0 Å². The van der Waals surface area contributed by atoms with Crippen molar-refractivity contribution >= 4 is 5.91 Å². The minimum absolute atomic E-state index is 0.0609. The number of amides is 1. The van der Waals surface area contributed by atoms with E-state index in [2.05, 4.69) is 9.97 Å². The molecule has 0 saturated carbocycles. The highest BCUT2D eigenvalue weighted by atomic mass is 16.2. The molecule has 0 bridgehead atoms. The Kier molecular flexibility index (Phi) is 3.94. The second-order valence-electron chi connectivity index (χ2n) is 4.44. The molecule has 0 aliphatic rings. The molecule has 0 aromatic carbocycles. The summed E-state index contributed by atoms with van der Waals surface area (Å²) >= 11 is 0. The van der Waals surface area contributed by atoms with E-state index < -0.39 is 0 Å². The number of carbonyl (C=O) groups is 1. The summed E-state index contributed by atoms with van der Waals surface area (Å²) < 4.78 is 1.92. The summed E-state index contributed by atoms with van der Waals surface area (Å²) in [6.07, 6.45) is 3.61. The fourth-order valence-corrected chi connectivity index (χ4v) is 1.87. The number of carbonyl (C=O) groups excluding carboxylic acids is 1. The lowest BCUT2D eigenvalue weighted by atomic mass is 10.2. The van der Waals surface area contributed by atoms with Crippen LogP contribution >= 0.6 is 0 Å². The van der Waals surface area contributed by atoms with E-state index in [1.807, 2.05) is 43.8 Å². The van der Waals surface area contributed by atoms with E-state index in [0.29, 0.717) is 18.8 Å². The lowest BCUT2D eigenvalue weighted by Crippen LogP contribution is -2.32. The first-order valence-electron chi connectivity index (χ1n) is 6.31. The van der Waals surface area contributed by atoms with Gasteiger partial charge < -0.3 is 9.47 Å². The van der Waals surface area contributed by atoms with E-state index in [1.54, 1.807) is 17.2 Å². The fourth-order valence-electron chi connectivity index (χ4n) is 1.87. The monoisotopic (exact) mass is 258 g/mol. The van der Waals surface area contributed by atoms with Crippen LogP contribution in [0.4, 0.5) is 0 Å². The van der Waals surface area contributed by atoms with Crippen molar-refractivity contribution in [2.45, 2.75) is 20.4 Å². The van der Waals surface area contributed by atoms with Gasteiger partial charge in [-0.05, 0) is 26.0 Å². The maximum Gasteiger partial charge on any atom is 0.272 e. The van der Waals surface area contributed by atoms with Gasteiger partial charge in [0.1, 0.15) is 11.5 Å². The molecule has 5 nitrogen and oxygen atoms in total. The Hall–Kier alpha value is -2.17. The third kappa shape index (κ3) is 2.99. The lowest BCUT2D eigenvalue weighted by molar-refractivity contribution is 0.0741. The van der Waals surface area contributed by atoms with Gasteiger partial charge in [0.25, 0.3) is 5.91 Å². The second-order valence-corrected chi connectivity index (χ2v) is 4.44. The predicted molar refractivity (Wildman–Crippen MR) is 72.6 cm³/mol. The molecule has 2 aromatic rings. The van der Waals surface area contributed by atoms with E-state index in [9.17, 15) is 4.79 Å². The maximum atomic E-state index is 12.4. The Morgan fingerprint density at radius 3 is 2.79 bits per heavy atom. The first kappa shape index (κ1) is 13.3. The average Bonchev–Trinajstić information content (AvgIpc) is 2.80. The van der Waals surface area contributed by atoms with Gasteiger partial charge in [0.2, 0.25) is 0 Å². The van der Waals surface area contributed by atoms with Crippen LogP contribution in [0.15, 0.2) is 30.6 Å². The van der Waals surface area contributed by atoms with Crippen LogP contribution in [0.5, 0.6) is 0 Å². The van der Waals surface area contributed by atoms with Crippen LogP contribution in [-0.2, 0) is 13.6 Å². The molecule has 0 atom stereocenters. The Morgan fingerprint density at radius 2 is 2.21 bits per heavy atom. The van der Waals surface area contributed by atoms with Crippen molar-refractivity contribution < 1.29 is 4.79 Å². The second kappa shape index (κ2) is 5.65. The van der Waals surface area contributed by atoms with Crippen molar-refractivity contribution in [3.63, 3.8) is 0 Å². The molecule has 0 unspecified atom stereocenters. The standard InChI is InChI=1S/C14H18N4O/c1-4-18(10-13-15-8-9-17(13)3)14(19)12-7-5-6-11(2)16-12/h5-9H,4,10H2,1-3H3. The molecule has 0 aliphatic carbocycles. The van der Waals surface area contributed by atoms with Gasteiger partial charge in [-0.1, -0.05) is 6.07 Å². The first-order valence-corrected chi connectivity index (χ1v) is 6.31. The predicted octanol–water partition coefficient (Wildman–Crippen LogP) is 1.79. The maximum absolute atomic E-state index is 12.4. The first-order chi connectivity index (χ1) is 9.11. The van der Waals surface area contributed by atoms with Gasteiger partial charge in [0.05, 0.1) is 6.54 Å². The van der Waals surface area contributed by atoms with Crippen molar-refractivity contribution in [2.75, 3.05) is 6.54 Å². The van der Waals surface area contributed by atoms with E-state index in [4.69, 9.17) is 0 Å². The lowest BCUT2D eigenvalue weighted by Gasteiger charge is -2.20. The highest BCUT2D eigenvalue weighted by molar-refractivity contribution is 5.92. The minimum Gasteiger partial charge on any atom is -0.337 e. The van der Waals surface area contributed by atoms with Crippen molar-refractivity contribution in [1.29, 1.82) is 0 Å². The normalized spacial score (nSPS) is 10.5. The number of hydrogen-bond donors (Lipinski definition) is 0. The number of rotatable bonds is 4. The molecular weight excluding hydrogens is 240 g/mol. The Labute approximate surface area is 112 Å². The van der Waals surface area contributed by atoms with Crippen LogP contribution in [-0.4, -0.2) is 31.9 Å². The summed E-state index contributed by atoms with van der Waals surface area (Å²) in [5, 5.41) is 0. The zero-order valence-corrected chi connectivity index (χ0v) is 11.5. The van der Waals surface area contributed by atoms with Crippen LogP contribution < -0.4 is 0 Å². The zero-order chi connectivity index (χ0) is 13.8. The molecule has 0 N–H and O–H groups in total. The molecule has 2 rings (SSSR count). The summed E-state index contributed by atoms with van der Waals surface area (Å²) in [6.45, 7) is 4.96. The van der Waals surface area contributed by atoms with Crippen molar-refractivity contribution in [3.05, 3.63) is 47.8 Å². The van der Waals surface area contributed by atoms with Crippen molar-refractivity contribution in [2.24, 2.45) is 7.05 Å².